The minimum absolute atomic E-state index is 0.106. The highest BCUT2D eigenvalue weighted by Gasteiger charge is 2.14. The molecule has 1 heterocycles. The zero-order valence-corrected chi connectivity index (χ0v) is 13.3. The van der Waals surface area contributed by atoms with E-state index >= 15 is 0 Å². The monoisotopic (exact) mass is 308 g/mol. The van der Waals surface area contributed by atoms with Gasteiger partial charge in [0.05, 0.1) is 16.6 Å². The van der Waals surface area contributed by atoms with Crippen LogP contribution in [-0.2, 0) is 23.8 Å². The summed E-state index contributed by atoms with van der Waals surface area (Å²) < 4.78 is 13.5. The zero-order valence-electron chi connectivity index (χ0n) is 12.5. The third-order valence-corrected chi connectivity index (χ3v) is 5.09. The van der Waals surface area contributed by atoms with E-state index in [0.717, 1.165) is 29.7 Å². The highest BCUT2D eigenvalue weighted by molar-refractivity contribution is 7.84. The first-order valence-corrected chi connectivity index (χ1v) is 8.60. The van der Waals surface area contributed by atoms with E-state index in [1.54, 1.807) is 24.5 Å². The van der Waals surface area contributed by atoms with Crippen molar-refractivity contribution < 1.29 is 14.1 Å². The summed E-state index contributed by atoms with van der Waals surface area (Å²) in [5.41, 5.74) is 1.90. The number of carboxylic acid groups (broad SMARTS) is 1. The summed E-state index contributed by atoms with van der Waals surface area (Å²) in [7, 11) is -0.854. The van der Waals surface area contributed by atoms with E-state index in [-0.39, 0.29) is 10.8 Å². The Morgan fingerprint density at radius 1 is 1.48 bits per heavy atom. The summed E-state index contributed by atoms with van der Waals surface area (Å²) in [5, 5.41) is 9.23. The second-order valence-electron chi connectivity index (χ2n) is 5.14. The predicted octanol–water partition coefficient (Wildman–Crippen LogP) is 2.45. The summed E-state index contributed by atoms with van der Waals surface area (Å²) in [6.07, 6.45) is 3.26. The maximum Gasteiger partial charge on any atom is 0.335 e. The maximum absolute atomic E-state index is 11.5. The van der Waals surface area contributed by atoms with Crippen LogP contribution in [0.15, 0.2) is 18.2 Å². The summed E-state index contributed by atoms with van der Waals surface area (Å²) >= 11 is 0. The van der Waals surface area contributed by atoms with Crippen LogP contribution in [0.25, 0.3) is 11.0 Å². The fourth-order valence-electron chi connectivity index (χ4n) is 2.30. The molecule has 6 heteroatoms. The lowest BCUT2D eigenvalue weighted by Crippen LogP contribution is -2.14. The van der Waals surface area contributed by atoms with Gasteiger partial charge >= 0.3 is 5.97 Å². The summed E-state index contributed by atoms with van der Waals surface area (Å²) in [6.45, 7) is 4.68. The first-order valence-electron chi connectivity index (χ1n) is 6.98. The summed E-state index contributed by atoms with van der Waals surface area (Å²) in [4.78, 5) is 15.7. The third-order valence-electron chi connectivity index (χ3n) is 3.72. The molecule has 0 aliphatic rings. The molecular formula is C15H20N2O3S. The van der Waals surface area contributed by atoms with Crippen LogP contribution in [0.4, 0.5) is 0 Å². The number of aryl methyl sites for hydroxylation is 2. The summed E-state index contributed by atoms with van der Waals surface area (Å²) in [6, 6.07) is 4.98. The topological polar surface area (TPSA) is 72.2 Å². The van der Waals surface area contributed by atoms with Gasteiger partial charge in [0, 0.05) is 35.3 Å². The average Bonchev–Trinajstić information content (AvgIpc) is 2.81. The lowest BCUT2D eigenvalue weighted by Gasteiger charge is -2.12. The van der Waals surface area contributed by atoms with Crippen molar-refractivity contribution in [3.8, 4) is 0 Å². The van der Waals surface area contributed by atoms with Gasteiger partial charge in [-0.3, -0.25) is 4.21 Å². The predicted molar refractivity (Wildman–Crippen MR) is 84.2 cm³/mol. The van der Waals surface area contributed by atoms with Crippen LogP contribution >= 0.6 is 0 Å². The molecule has 0 fully saturated rings. The van der Waals surface area contributed by atoms with Crippen LogP contribution in [-0.4, -0.2) is 36.3 Å². The molecule has 2 rings (SSSR count). The molecule has 1 N–H and O–H groups in total. The van der Waals surface area contributed by atoms with Gasteiger partial charge in [-0.25, -0.2) is 9.78 Å². The van der Waals surface area contributed by atoms with Crippen molar-refractivity contribution in [1.82, 2.24) is 9.55 Å². The number of aromatic carboxylic acids is 1. The Morgan fingerprint density at radius 2 is 2.19 bits per heavy atom. The van der Waals surface area contributed by atoms with Crippen LogP contribution in [0.5, 0.6) is 0 Å². The van der Waals surface area contributed by atoms with Gasteiger partial charge in [-0.15, -0.1) is 0 Å². The van der Waals surface area contributed by atoms with Crippen molar-refractivity contribution in [3.63, 3.8) is 0 Å². The molecule has 0 aliphatic heterocycles. The maximum atomic E-state index is 11.5. The molecule has 1 aromatic heterocycles. The molecule has 2 atom stereocenters. The number of nitrogens with zero attached hydrogens (tertiary/aromatic N) is 2. The van der Waals surface area contributed by atoms with E-state index in [4.69, 9.17) is 5.11 Å². The SMILES string of the molecule is CCc1nc2ccc(C(=O)O)cc2n1CCC(C)S(C)=O. The number of benzene rings is 1. The lowest BCUT2D eigenvalue weighted by atomic mass is 10.2. The minimum Gasteiger partial charge on any atom is -0.478 e. The van der Waals surface area contributed by atoms with E-state index in [2.05, 4.69) is 4.98 Å². The molecule has 2 aromatic rings. The van der Waals surface area contributed by atoms with Crippen LogP contribution in [0.2, 0.25) is 0 Å². The fraction of sp³-hybridized carbons (Fsp3) is 0.467. The van der Waals surface area contributed by atoms with Gasteiger partial charge in [-0.2, -0.15) is 0 Å². The highest BCUT2D eigenvalue weighted by Crippen LogP contribution is 2.20. The van der Waals surface area contributed by atoms with Crippen molar-refractivity contribution in [1.29, 1.82) is 0 Å². The molecular weight excluding hydrogens is 288 g/mol. The Hall–Kier alpha value is -1.69. The van der Waals surface area contributed by atoms with Gasteiger partial charge in [0.25, 0.3) is 0 Å². The van der Waals surface area contributed by atoms with Gasteiger partial charge < -0.3 is 9.67 Å². The second kappa shape index (κ2) is 6.39. The Balaban J connectivity index is 2.41. The standard InChI is InChI=1S/C15H20N2O3S/c1-4-14-16-12-6-5-11(15(18)19)9-13(12)17(14)8-7-10(2)21(3)20/h5-6,9-10H,4,7-8H2,1-3H3,(H,18,19). The number of hydrogen-bond donors (Lipinski definition) is 1. The van der Waals surface area contributed by atoms with Crippen molar-refractivity contribution in [3.05, 3.63) is 29.6 Å². The number of carboxylic acids is 1. The van der Waals surface area contributed by atoms with E-state index in [1.165, 1.54) is 0 Å². The Labute approximate surface area is 126 Å². The number of aromatic nitrogens is 2. The number of hydrogen-bond acceptors (Lipinski definition) is 3. The van der Waals surface area contributed by atoms with Gasteiger partial charge in [0.15, 0.2) is 0 Å². The molecule has 1 aromatic carbocycles. The van der Waals surface area contributed by atoms with Crippen molar-refractivity contribution in [2.45, 2.75) is 38.5 Å². The first-order chi connectivity index (χ1) is 9.93. The van der Waals surface area contributed by atoms with Gasteiger partial charge in [0.2, 0.25) is 0 Å². The van der Waals surface area contributed by atoms with E-state index in [0.29, 0.717) is 6.54 Å². The quantitative estimate of drug-likeness (QED) is 0.889. The lowest BCUT2D eigenvalue weighted by molar-refractivity contribution is 0.0697. The van der Waals surface area contributed by atoms with Crippen LogP contribution in [0.1, 0.15) is 36.5 Å². The molecule has 0 saturated carbocycles. The van der Waals surface area contributed by atoms with Crippen LogP contribution in [0, 0.1) is 0 Å². The van der Waals surface area contributed by atoms with E-state index in [9.17, 15) is 9.00 Å². The van der Waals surface area contributed by atoms with E-state index in [1.807, 2.05) is 18.4 Å². The number of imidazole rings is 1. The molecule has 0 aliphatic carbocycles. The molecule has 2 unspecified atom stereocenters. The minimum atomic E-state index is -0.939. The number of carbonyl (C=O) groups is 1. The smallest absolute Gasteiger partial charge is 0.335 e. The molecule has 0 amide bonds. The Kier molecular flexibility index (Phi) is 4.77. The van der Waals surface area contributed by atoms with Crippen molar-refractivity contribution in [2.24, 2.45) is 0 Å². The van der Waals surface area contributed by atoms with Crippen molar-refractivity contribution >= 4 is 27.8 Å². The third kappa shape index (κ3) is 3.32. The van der Waals surface area contributed by atoms with Gasteiger partial charge in [-0.1, -0.05) is 13.8 Å². The van der Waals surface area contributed by atoms with Crippen LogP contribution < -0.4 is 0 Å². The fourth-order valence-corrected chi connectivity index (χ4v) is 2.74. The molecule has 21 heavy (non-hydrogen) atoms. The summed E-state index contributed by atoms with van der Waals surface area (Å²) in [5.74, 6) is -0.00708. The molecule has 0 radical (unpaired) electrons. The Morgan fingerprint density at radius 3 is 2.76 bits per heavy atom. The Bertz CT molecular complexity index is 694. The zero-order chi connectivity index (χ0) is 15.6. The van der Waals surface area contributed by atoms with E-state index < -0.39 is 16.8 Å². The second-order valence-corrected chi connectivity index (χ2v) is 6.94. The average molecular weight is 308 g/mol. The van der Waals surface area contributed by atoms with Gasteiger partial charge in [-0.05, 0) is 24.6 Å². The molecule has 0 bridgehead atoms. The number of rotatable bonds is 6. The normalized spacial score (nSPS) is 14.2. The number of fused-ring (bicyclic) bond motifs is 1. The molecule has 0 spiro atoms. The molecule has 0 saturated heterocycles. The molecule has 5 nitrogen and oxygen atoms in total. The largest absolute Gasteiger partial charge is 0.478 e. The van der Waals surface area contributed by atoms with Crippen LogP contribution in [0.3, 0.4) is 0 Å². The van der Waals surface area contributed by atoms with Crippen molar-refractivity contribution in [2.75, 3.05) is 6.26 Å². The van der Waals surface area contributed by atoms with Gasteiger partial charge in [0.1, 0.15) is 5.82 Å². The first kappa shape index (κ1) is 15.7. The highest BCUT2D eigenvalue weighted by atomic mass is 32.2. The molecule has 114 valence electrons.